The fourth-order valence-electron chi connectivity index (χ4n) is 3.27. The minimum absolute atomic E-state index is 0.128. The fourth-order valence-corrected chi connectivity index (χ4v) is 3.27. The summed E-state index contributed by atoms with van der Waals surface area (Å²) in [6.45, 7) is 0.262. The third-order valence-corrected chi connectivity index (χ3v) is 4.17. The molecule has 2 saturated carbocycles. The van der Waals surface area contributed by atoms with Gasteiger partial charge in [0.15, 0.2) is 0 Å². The fraction of sp³-hybridized carbons (Fsp3) is 0.533. The van der Waals surface area contributed by atoms with Crippen molar-refractivity contribution in [3.05, 3.63) is 30.3 Å². The normalized spacial score (nSPS) is 29.2. The summed E-state index contributed by atoms with van der Waals surface area (Å²) in [6, 6.07) is 9.75. The van der Waals surface area contributed by atoms with Gasteiger partial charge in [0.25, 0.3) is 0 Å². The molecule has 1 aromatic carbocycles. The van der Waals surface area contributed by atoms with E-state index in [0.29, 0.717) is 5.92 Å². The Hall–Kier alpha value is -1.51. The van der Waals surface area contributed by atoms with E-state index in [1.54, 1.807) is 0 Å². The molecule has 0 saturated heterocycles. The van der Waals surface area contributed by atoms with Gasteiger partial charge in [0.05, 0.1) is 0 Å². The molecule has 3 heteroatoms. The summed E-state index contributed by atoms with van der Waals surface area (Å²) in [5.74, 6) is 1.32. The second-order valence-electron chi connectivity index (χ2n) is 5.42. The summed E-state index contributed by atoms with van der Waals surface area (Å²) in [4.78, 5) is 11.8. The Morgan fingerprint density at radius 1 is 1.22 bits per heavy atom. The van der Waals surface area contributed by atoms with Gasteiger partial charge in [-0.05, 0) is 49.7 Å². The van der Waals surface area contributed by atoms with Crippen molar-refractivity contribution in [3.8, 4) is 0 Å². The van der Waals surface area contributed by atoms with Crippen LogP contribution >= 0.6 is 0 Å². The molecule has 1 N–H and O–H groups in total. The Bertz CT molecular complexity index is 418. The molecular formula is C15H19NO2. The van der Waals surface area contributed by atoms with Crippen LogP contribution in [0.4, 0.5) is 5.69 Å². The maximum Gasteiger partial charge on any atom is 0.325 e. The lowest BCUT2D eigenvalue weighted by Gasteiger charge is -2.22. The van der Waals surface area contributed by atoms with Crippen molar-refractivity contribution < 1.29 is 9.53 Å². The predicted octanol–water partition coefficient (Wildman–Crippen LogP) is 2.83. The van der Waals surface area contributed by atoms with Gasteiger partial charge in [0.1, 0.15) is 12.6 Å². The van der Waals surface area contributed by atoms with Gasteiger partial charge in [-0.1, -0.05) is 18.2 Å². The van der Waals surface area contributed by atoms with Crippen molar-refractivity contribution in [2.75, 3.05) is 11.9 Å². The van der Waals surface area contributed by atoms with Gasteiger partial charge < -0.3 is 10.1 Å². The Morgan fingerprint density at radius 3 is 2.72 bits per heavy atom. The third-order valence-electron chi connectivity index (χ3n) is 4.17. The quantitative estimate of drug-likeness (QED) is 0.829. The third kappa shape index (κ3) is 2.50. The van der Waals surface area contributed by atoms with Gasteiger partial charge in [-0.2, -0.15) is 0 Å². The molecule has 0 amide bonds. The summed E-state index contributed by atoms with van der Waals surface area (Å²) in [5.41, 5.74) is 0.961. The van der Waals surface area contributed by atoms with E-state index in [4.69, 9.17) is 4.74 Å². The number of benzene rings is 1. The zero-order valence-electron chi connectivity index (χ0n) is 10.5. The molecule has 2 bridgehead atoms. The van der Waals surface area contributed by atoms with Crippen molar-refractivity contribution >= 4 is 11.7 Å². The van der Waals surface area contributed by atoms with E-state index < -0.39 is 0 Å². The van der Waals surface area contributed by atoms with E-state index in [0.717, 1.165) is 18.0 Å². The van der Waals surface area contributed by atoms with Gasteiger partial charge in [-0.15, -0.1) is 0 Å². The smallest absolute Gasteiger partial charge is 0.325 e. The molecule has 3 atom stereocenters. The van der Waals surface area contributed by atoms with Crippen LogP contribution in [0, 0.1) is 11.8 Å². The Balaban J connectivity index is 1.45. The van der Waals surface area contributed by atoms with Gasteiger partial charge >= 0.3 is 5.97 Å². The highest BCUT2D eigenvalue weighted by atomic mass is 16.5. The topological polar surface area (TPSA) is 38.3 Å². The number of hydrogen-bond acceptors (Lipinski definition) is 3. The summed E-state index contributed by atoms with van der Waals surface area (Å²) in [6.07, 6.45) is 5.12. The molecule has 2 aliphatic carbocycles. The average molecular weight is 245 g/mol. The zero-order chi connectivity index (χ0) is 12.4. The van der Waals surface area contributed by atoms with Gasteiger partial charge in [0.2, 0.25) is 0 Å². The Kier molecular flexibility index (Phi) is 3.22. The van der Waals surface area contributed by atoms with Crippen LogP contribution in [0.1, 0.15) is 25.7 Å². The van der Waals surface area contributed by atoms with E-state index in [-0.39, 0.29) is 18.6 Å². The van der Waals surface area contributed by atoms with E-state index >= 15 is 0 Å². The first kappa shape index (κ1) is 11.6. The summed E-state index contributed by atoms with van der Waals surface area (Å²) < 4.78 is 5.57. The van der Waals surface area contributed by atoms with E-state index in [1.165, 1.54) is 19.3 Å². The molecule has 0 aliphatic heterocycles. The monoisotopic (exact) mass is 245 g/mol. The molecule has 2 fully saturated rings. The van der Waals surface area contributed by atoms with Gasteiger partial charge in [-0.25, -0.2) is 0 Å². The van der Waals surface area contributed by atoms with Crippen LogP contribution in [0.5, 0.6) is 0 Å². The molecule has 96 valence electrons. The lowest BCUT2D eigenvalue weighted by Crippen LogP contribution is -2.27. The molecule has 0 heterocycles. The SMILES string of the molecule is O=C(CNc1ccccc1)OC1CC2CCC1C2. The van der Waals surface area contributed by atoms with Crippen LogP contribution < -0.4 is 5.32 Å². The Labute approximate surface area is 108 Å². The number of anilines is 1. The number of carbonyl (C=O) groups excluding carboxylic acids is 1. The van der Waals surface area contributed by atoms with E-state index in [1.807, 2.05) is 30.3 Å². The summed E-state index contributed by atoms with van der Waals surface area (Å²) in [7, 11) is 0. The summed E-state index contributed by atoms with van der Waals surface area (Å²) >= 11 is 0. The molecule has 3 nitrogen and oxygen atoms in total. The maximum absolute atomic E-state index is 11.8. The van der Waals surface area contributed by atoms with Crippen molar-refractivity contribution in [1.29, 1.82) is 0 Å². The van der Waals surface area contributed by atoms with Crippen LogP contribution in [0.15, 0.2) is 30.3 Å². The van der Waals surface area contributed by atoms with E-state index in [9.17, 15) is 4.79 Å². The lowest BCUT2D eigenvalue weighted by molar-refractivity contribution is -0.149. The van der Waals surface area contributed by atoms with Crippen molar-refractivity contribution in [1.82, 2.24) is 0 Å². The largest absolute Gasteiger partial charge is 0.461 e. The molecule has 3 unspecified atom stereocenters. The second kappa shape index (κ2) is 5.01. The standard InChI is InChI=1S/C15H19NO2/c17-15(10-16-13-4-2-1-3-5-13)18-14-9-11-6-7-12(14)8-11/h1-5,11-12,14,16H,6-10H2. The molecule has 3 rings (SSSR count). The number of rotatable bonds is 4. The predicted molar refractivity (Wildman–Crippen MR) is 70.3 cm³/mol. The van der Waals surface area contributed by atoms with Crippen LogP contribution in [-0.2, 0) is 9.53 Å². The van der Waals surface area contributed by atoms with Crippen molar-refractivity contribution in [3.63, 3.8) is 0 Å². The lowest BCUT2D eigenvalue weighted by atomic mass is 9.98. The maximum atomic E-state index is 11.8. The Morgan fingerprint density at radius 2 is 2.06 bits per heavy atom. The number of carbonyl (C=O) groups is 1. The molecule has 1 aromatic rings. The molecule has 2 aliphatic rings. The first-order valence-electron chi connectivity index (χ1n) is 6.79. The van der Waals surface area contributed by atoms with Crippen LogP contribution in [-0.4, -0.2) is 18.6 Å². The molecule has 0 radical (unpaired) electrons. The van der Waals surface area contributed by atoms with Crippen LogP contribution in [0.3, 0.4) is 0 Å². The molecule has 18 heavy (non-hydrogen) atoms. The zero-order valence-corrected chi connectivity index (χ0v) is 10.5. The summed E-state index contributed by atoms with van der Waals surface area (Å²) in [5, 5.41) is 3.09. The second-order valence-corrected chi connectivity index (χ2v) is 5.42. The highest BCUT2D eigenvalue weighted by Crippen LogP contribution is 2.45. The number of hydrogen-bond donors (Lipinski definition) is 1. The van der Waals surface area contributed by atoms with Crippen molar-refractivity contribution in [2.24, 2.45) is 11.8 Å². The highest BCUT2D eigenvalue weighted by Gasteiger charge is 2.41. The van der Waals surface area contributed by atoms with Crippen LogP contribution in [0.2, 0.25) is 0 Å². The van der Waals surface area contributed by atoms with Crippen LogP contribution in [0.25, 0.3) is 0 Å². The van der Waals surface area contributed by atoms with Gasteiger partial charge in [0, 0.05) is 5.69 Å². The van der Waals surface area contributed by atoms with Crippen molar-refractivity contribution in [2.45, 2.75) is 31.8 Å². The first-order chi connectivity index (χ1) is 8.81. The minimum Gasteiger partial charge on any atom is -0.461 e. The number of esters is 1. The number of nitrogens with one attached hydrogen (secondary N) is 1. The average Bonchev–Trinajstić information content (AvgIpc) is 3.00. The number of fused-ring (bicyclic) bond motifs is 2. The molecule has 0 spiro atoms. The number of ether oxygens (including phenoxy) is 1. The number of para-hydroxylation sites is 1. The minimum atomic E-state index is -0.128. The van der Waals surface area contributed by atoms with Gasteiger partial charge in [-0.3, -0.25) is 4.79 Å². The van der Waals surface area contributed by atoms with E-state index in [2.05, 4.69) is 5.32 Å². The highest BCUT2D eigenvalue weighted by molar-refractivity contribution is 5.75. The molecule has 0 aromatic heterocycles. The molecular weight excluding hydrogens is 226 g/mol. The first-order valence-corrected chi connectivity index (χ1v) is 6.79.